The van der Waals surface area contributed by atoms with Crippen LogP contribution in [0.25, 0.3) is 0 Å². The highest BCUT2D eigenvalue weighted by molar-refractivity contribution is 6.30. The van der Waals surface area contributed by atoms with Crippen molar-refractivity contribution in [2.75, 3.05) is 25.0 Å². The molecule has 104 valence electrons. The lowest BCUT2D eigenvalue weighted by Crippen LogP contribution is -2.42. The van der Waals surface area contributed by atoms with Gasteiger partial charge in [0.15, 0.2) is 0 Å². The number of anilines is 1. The molecule has 0 radical (unpaired) electrons. The topological polar surface area (TPSA) is 52.6 Å². The predicted molar refractivity (Wildman–Crippen MR) is 76.5 cm³/mol. The van der Waals surface area contributed by atoms with Gasteiger partial charge in [0.25, 0.3) is 0 Å². The number of halogens is 1. The number of rotatable bonds is 3. The summed E-state index contributed by atoms with van der Waals surface area (Å²) in [6.45, 7) is 3.67. The first-order chi connectivity index (χ1) is 9.04. The van der Waals surface area contributed by atoms with E-state index < -0.39 is 0 Å². The Labute approximate surface area is 118 Å². The molecule has 4 nitrogen and oxygen atoms in total. The van der Waals surface area contributed by atoms with Gasteiger partial charge in [-0.25, -0.2) is 0 Å². The molecule has 0 aromatic heterocycles. The van der Waals surface area contributed by atoms with Crippen LogP contribution < -0.4 is 5.32 Å². The second-order valence-corrected chi connectivity index (χ2v) is 5.48. The van der Waals surface area contributed by atoms with Crippen LogP contribution in [0.4, 0.5) is 5.69 Å². The summed E-state index contributed by atoms with van der Waals surface area (Å²) >= 11 is 5.88. The summed E-state index contributed by atoms with van der Waals surface area (Å²) < 4.78 is 0. The number of aliphatic hydroxyl groups excluding tert-OH is 1. The van der Waals surface area contributed by atoms with Crippen molar-refractivity contribution >= 4 is 23.2 Å². The van der Waals surface area contributed by atoms with Crippen LogP contribution in [0.3, 0.4) is 0 Å². The zero-order valence-electron chi connectivity index (χ0n) is 11.0. The Balaban J connectivity index is 1.90. The number of nitrogens with one attached hydrogen (secondary N) is 1. The Kier molecular flexibility index (Phi) is 4.80. The second-order valence-electron chi connectivity index (χ2n) is 5.04. The molecule has 1 aromatic rings. The number of hydrogen-bond donors (Lipinski definition) is 2. The van der Waals surface area contributed by atoms with Crippen LogP contribution in [0, 0.1) is 6.92 Å². The number of aryl methyl sites for hydroxylation is 1. The minimum absolute atomic E-state index is 0.0560. The monoisotopic (exact) mass is 282 g/mol. The van der Waals surface area contributed by atoms with Gasteiger partial charge in [-0.15, -0.1) is 0 Å². The molecule has 1 saturated heterocycles. The van der Waals surface area contributed by atoms with Crippen molar-refractivity contribution < 1.29 is 9.90 Å². The molecule has 5 heteroatoms. The molecule has 1 amide bonds. The SMILES string of the molecule is Cc1cc(Cl)ccc1NC(=O)CN1CCC[C@H](O)C1. The second kappa shape index (κ2) is 6.37. The van der Waals surface area contributed by atoms with Gasteiger partial charge in [-0.1, -0.05) is 11.6 Å². The number of carbonyl (C=O) groups is 1. The van der Waals surface area contributed by atoms with Crippen molar-refractivity contribution in [3.63, 3.8) is 0 Å². The maximum atomic E-state index is 12.0. The first-order valence-electron chi connectivity index (χ1n) is 6.51. The molecular formula is C14H19ClN2O2. The minimum atomic E-state index is -0.307. The van der Waals surface area contributed by atoms with E-state index in [1.807, 2.05) is 17.9 Å². The molecule has 19 heavy (non-hydrogen) atoms. The third-order valence-electron chi connectivity index (χ3n) is 3.31. The van der Waals surface area contributed by atoms with Gasteiger partial charge in [-0.2, -0.15) is 0 Å². The largest absolute Gasteiger partial charge is 0.392 e. The Hall–Kier alpha value is -1.10. The first-order valence-corrected chi connectivity index (χ1v) is 6.89. The molecule has 1 aliphatic rings. The summed E-state index contributed by atoms with van der Waals surface area (Å²) in [6, 6.07) is 5.39. The molecule has 2 N–H and O–H groups in total. The van der Waals surface area contributed by atoms with E-state index in [9.17, 15) is 9.90 Å². The molecule has 1 fully saturated rings. The fourth-order valence-corrected chi connectivity index (χ4v) is 2.56. The van der Waals surface area contributed by atoms with Gasteiger partial charge < -0.3 is 10.4 Å². The Morgan fingerprint density at radius 3 is 3.05 bits per heavy atom. The Bertz CT molecular complexity index is 465. The molecule has 0 saturated carbocycles. The molecule has 0 bridgehead atoms. The number of benzene rings is 1. The van der Waals surface area contributed by atoms with Crippen LogP contribution in [0.15, 0.2) is 18.2 Å². The standard InChI is InChI=1S/C14H19ClN2O2/c1-10-7-11(15)4-5-13(10)16-14(19)9-17-6-2-3-12(18)8-17/h4-5,7,12,18H,2-3,6,8-9H2,1H3,(H,16,19)/t12-/m0/s1. The van der Waals surface area contributed by atoms with E-state index in [0.717, 1.165) is 30.6 Å². The van der Waals surface area contributed by atoms with E-state index in [2.05, 4.69) is 5.32 Å². The molecule has 1 heterocycles. The molecule has 0 aliphatic carbocycles. The van der Waals surface area contributed by atoms with Crippen LogP contribution in [0.1, 0.15) is 18.4 Å². The van der Waals surface area contributed by atoms with Crippen molar-refractivity contribution in [3.8, 4) is 0 Å². The summed E-state index contributed by atoms with van der Waals surface area (Å²) in [5, 5.41) is 13.1. The highest BCUT2D eigenvalue weighted by Gasteiger charge is 2.19. The fraction of sp³-hybridized carbons (Fsp3) is 0.500. The molecule has 0 spiro atoms. The predicted octanol–water partition coefficient (Wildman–Crippen LogP) is 2.04. The van der Waals surface area contributed by atoms with E-state index in [-0.39, 0.29) is 12.0 Å². The van der Waals surface area contributed by atoms with Gasteiger partial charge in [-0.05, 0) is 50.1 Å². The van der Waals surface area contributed by atoms with Crippen LogP contribution in [0.2, 0.25) is 5.02 Å². The highest BCUT2D eigenvalue weighted by Crippen LogP contribution is 2.19. The van der Waals surface area contributed by atoms with Crippen molar-refractivity contribution in [2.45, 2.75) is 25.9 Å². The van der Waals surface area contributed by atoms with Gasteiger partial charge >= 0.3 is 0 Å². The lowest BCUT2D eigenvalue weighted by Gasteiger charge is -2.29. The van der Waals surface area contributed by atoms with E-state index in [0.29, 0.717) is 18.1 Å². The smallest absolute Gasteiger partial charge is 0.238 e. The number of piperidine rings is 1. The molecule has 2 rings (SSSR count). The van der Waals surface area contributed by atoms with Crippen LogP contribution in [-0.2, 0) is 4.79 Å². The highest BCUT2D eigenvalue weighted by atomic mass is 35.5. The number of β-amino-alcohol motifs (C(OH)–C–C–N with tert-alkyl or cyclic N) is 1. The quantitative estimate of drug-likeness (QED) is 0.892. The summed E-state index contributed by atoms with van der Waals surface area (Å²) in [7, 11) is 0. The summed E-state index contributed by atoms with van der Waals surface area (Å²) in [5.41, 5.74) is 1.73. The number of carbonyl (C=O) groups excluding carboxylic acids is 1. The third-order valence-corrected chi connectivity index (χ3v) is 3.55. The summed E-state index contributed by atoms with van der Waals surface area (Å²) in [4.78, 5) is 13.9. The van der Waals surface area contributed by atoms with Crippen molar-refractivity contribution in [2.24, 2.45) is 0 Å². The van der Waals surface area contributed by atoms with Gasteiger partial charge in [-0.3, -0.25) is 9.69 Å². The van der Waals surface area contributed by atoms with Crippen molar-refractivity contribution in [3.05, 3.63) is 28.8 Å². The zero-order chi connectivity index (χ0) is 13.8. The maximum absolute atomic E-state index is 12.0. The van der Waals surface area contributed by atoms with Gasteiger partial charge in [0.2, 0.25) is 5.91 Å². The van der Waals surface area contributed by atoms with E-state index >= 15 is 0 Å². The molecule has 0 unspecified atom stereocenters. The number of amides is 1. The minimum Gasteiger partial charge on any atom is -0.392 e. The molecule has 1 aromatic carbocycles. The third kappa shape index (κ3) is 4.20. The van der Waals surface area contributed by atoms with E-state index in [1.165, 1.54) is 0 Å². The number of nitrogens with zero attached hydrogens (tertiary/aromatic N) is 1. The van der Waals surface area contributed by atoms with Crippen LogP contribution in [-0.4, -0.2) is 41.7 Å². The lowest BCUT2D eigenvalue weighted by molar-refractivity contribution is -0.118. The molecule has 1 aliphatic heterocycles. The van der Waals surface area contributed by atoms with Crippen LogP contribution >= 0.6 is 11.6 Å². The first kappa shape index (κ1) is 14.3. The van der Waals surface area contributed by atoms with Crippen molar-refractivity contribution in [1.82, 2.24) is 4.90 Å². The average molecular weight is 283 g/mol. The average Bonchev–Trinajstić information content (AvgIpc) is 2.33. The summed E-state index contributed by atoms with van der Waals surface area (Å²) in [5.74, 6) is -0.0560. The van der Waals surface area contributed by atoms with Crippen molar-refractivity contribution in [1.29, 1.82) is 0 Å². The molecule has 1 atom stereocenters. The van der Waals surface area contributed by atoms with Crippen LogP contribution in [0.5, 0.6) is 0 Å². The number of hydrogen-bond acceptors (Lipinski definition) is 3. The number of aliphatic hydroxyl groups is 1. The van der Waals surface area contributed by atoms with Gasteiger partial charge in [0.1, 0.15) is 0 Å². The van der Waals surface area contributed by atoms with Gasteiger partial charge in [0.05, 0.1) is 12.6 Å². The number of likely N-dealkylation sites (tertiary alicyclic amines) is 1. The normalized spacial score (nSPS) is 20.3. The Morgan fingerprint density at radius 1 is 1.58 bits per heavy atom. The van der Waals surface area contributed by atoms with E-state index in [1.54, 1.807) is 12.1 Å². The zero-order valence-corrected chi connectivity index (χ0v) is 11.8. The molecular weight excluding hydrogens is 264 g/mol. The van der Waals surface area contributed by atoms with E-state index in [4.69, 9.17) is 11.6 Å². The maximum Gasteiger partial charge on any atom is 0.238 e. The summed E-state index contributed by atoms with van der Waals surface area (Å²) in [6.07, 6.45) is 1.46. The lowest BCUT2D eigenvalue weighted by atomic mass is 10.1. The fourth-order valence-electron chi connectivity index (χ4n) is 2.33. The Morgan fingerprint density at radius 2 is 2.37 bits per heavy atom. The van der Waals surface area contributed by atoms with Gasteiger partial charge in [0, 0.05) is 17.3 Å².